The average Bonchev–Trinajstić information content (AvgIpc) is 3.09. The van der Waals surface area contributed by atoms with Crippen LogP contribution in [0.3, 0.4) is 0 Å². The molecule has 0 aliphatic heterocycles. The van der Waals surface area contributed by atoms with Crippen LogP contribution in [0.4, 0.5) is 8.78 Å². The summed E-state index contributed by atoms with van der Waals surface area (Å²) in [6, 6.07) is 8.38. The van der Waals surface area contributed by atoms with Gasteiger partial charge >= 0.3 is 5.63 Å². The third-order valence-electron chi connectivity index (χ3n) is 5.30. The van der Waals surface area contributed by atoms with E-state index in [0.29, 0.717) is 11.6 Å². The Morgan fingerprint density at radius 3 is 2.53 bits per heavy atom. The largest absolute Gasteiger partial charge is 0.458 e. The third-order valence-corrected chi connectivity index (χ3v) is 6.59. The maximum atomic E-state index is 13.3. The van der Waals surface area contributed by atoms with Gasteiger partial charge in [0.2, 0.25) is 0 Å². The van der Waals surface area contributed by atoms with E-state index in [2.05, 4.69) is 5.32 Å². The second kappa shape index (κ2) is 7.55. The maximum Gasteiger partial charge on any atom is 0.349 e. The van der Waals surface area contributed by atoms with Crippen molar-refractivity contribution in [1.29, 1.82) is 0 Å². The van der Waals surface area contributed by atoms with Gasteiger partial charge < -0.3 is 14.2 Å². The van der Waals surface area contributed by atoms with Crippen LogP contribution in [0.1, 0.15) is 27.8 Å². The monoisotopic (exact) mass is 466 g/mol. The molecule has 9 nitrogen and oxygen atoms in total. The van der Waals surface area contributed by atoms with Crippen LogP contribution in [-0.2, 0) is 10.0 Å². The number of halogens is 2. The first-order valence-corrected chi connectivity index (χ1v) is 10.8. The number of furan rings is 1. The van der Waals surface area contributed by atoms with Gasteiger partial charge in [-0.3, -0.25) is 9.59 Å². The number of rotatable bonds is 6. The molecule has 1 aliphatic rings. The number of fused-ring (bicyclic) bond motifs is 1. The molecule has 2 amide bonds. The summed E-state index contributed by atoms with van der Waals surface area (Å²) in [5, 5.41) is 2.66. The molecule has 1 saturated carbocycles. The Morgan fingerprint density at radius 1 is 1.16 bits per heavy atom. The third kappa shape index (κ3) is 3.88. The highest BCUT2D eigenvalue weighted by Gasteiger charge is 2.65. The van der Waals surface area contributed by atoms with E-state index in [9.17, 15) is 31.6 Å². The Balaban J connectivity index is 1.47. The van der Waals surface area contributed by atoms with Crippen LogP contribution in [0.15, 0.2) is 61.2 Å². The number of nitrogens with one attached hydrogen (secondary N) is 2. The maximum absolute atomic E-state index is 13.3. The van der Waals surface area contributed by atoms with E-state index in [1.54, 1.807) is 22.9 Å². The van der Waals surface area contributed by atoms with Crippen LogP contribution in [0.2, 0.25) is 0 Å². The van der Waals surface area contributed by atoms with Crippen molar-refractivity contribution in [3.63, 3.8) is 0 Å². The van der Waals surface area contributed by atoms with E-state index < -0.39 is 61.4 Å². The summed E-state index contributed by atoms with van der Waals surface area (Å²) in [6.45, 7) is 1.05. The molecule has 0 bridgehead atoms. The summed E-state index contributed by atoms with van der Waals surface area (Å²) < 4.78 is 63.1. The fourth-order valence-corrected chi connectivity index (χ4v) is 4.11. The van der Waals surface area contributed by atoms with Crippen molar-refractivity contribution in [3.05, 3.63) is 64.4 Å². The minimum absolute atomic E-state index is 0.223. The first-order chi connectivity index (χ1) is 15.0. The molecule has 32 heavy (non-hydrogen) atoms. The lowest BCUT2D eigenvalue weighted by molar-refractivity contribution is 0.0824. The number of carbonyl (C=O) groups excluding carboxylic acids is 2. The Kier molecular flexibility index (Phi) is 5.12. The SMILES string of the molecule is C[C@@H]1[C@@H](CNC(=O)c2cc(S(=O)(=O)NC(=O)c3cc4ccccc4oc3=O)co2)C1(F)F. The van der Waals surface area contributed by atoms with Crippen molar-refractivity contribution in [2.75, 3.05) is 6.54 Å². The molecule has 3 aromatic rings. The molecule has 1 aliphatic carbocycles. The molecule has 0 unspecified atom stereocenters. The minimum atomic E-state index is -4.51. The molecule has 2 aromatic heterocycles. The van der Waals surface area contributed by atoms with Gasteiger partial charge in [-0.15, -0.1) is 0 Å². The number of para-hydroxylation sites is 1. The van der Waals surface area contributed by atoms with Crippen LogP contribution in [-0.4, -0.2) is 32.7 Å². The number of amides is 2. The van der Waals surface area contributed by atoms with Crippen molar-refractivity contribution in [3.8, 4) is 0 Å². The first-order valence-electron chi connectivity index (χ1n) is 9.35. The second-order valence-electron chi connectivity index (χ2n) is 7.35. The Labute approximate surface area is 179 Å². The Morgan fingerprint density at radius 2 is 1.84 bits per heavy atom. The van der Waals surface area contributed by atoms with Gasteiger partial charge in [0, 0.05) is 29.8 Å². The molecule has 2 heterocycles. The molecule has 4 rings (SSSR count). The highest BCUT2D eigenvalue weighted by atomic mass is 32.2. The van der Waals surface area contributed by atoms with Gasteiger partial charge in [-0.05, 0) is 12.1 Å². The quantitative estimate of drug-likeness (QED) is 0.531. The van der Waals surface area contributed by atoms with E-state index in [4.69, 9.17) is 8.83 Å². The van der Waals surface area contributed by atoms with Gasteiger partial charge in [0.1, 0.15) is 22.3 Å². The van der Waals surface area contributed by atoms with Crippen molar-refractivity contribution in [2.45, 2.75) is 17.7 Å². The second-order valence-corrected chi connectivity index (χ2v) is 9.03. The highest BCUT2D eigenvalue weighted by Crippen LogP contribution is 2.54. The summed E-state index contributed by atoms with van der Waals surface area (Å²) in [7, 11) is -4.51. The van der Waals surface area contributed by atoms with Crippen molar-refractivity contribution in [2.24, 2.45) is 11.8 Å². The summed E-state index contributed by atoms with van der Waals surface area (Å²) in [5.41, 5.74) is -1.34. The van der Waals surface area contributed by atoms with E-state index >= 15 is 0 Å². The molecule has 0 radical (unpaired) electrons. The molecule has 2 atom stereocenters. The number of sulfonamides is 1. The molecule has 2 N–H and O–H groups in total. The highest BCUT2D eigenvalue weighted by molar-refractivity contribution is 7.90. The van der Waals surface area contributed by atoms with Crippen LogP contribution in [0.25, 0.3) is 11.0 Å². The fraction of sp³-hybridized carbons (Fsp3) is 0.250. The zero-order chi connectivity index (χ0) is 23.3. The molecule has 1 aromatic carbocycles. The molecular weight excluding hydrogens is 450 g/mol. The van der Waals surface area contributed by atoms with E-state index in [1.165, 1.54) is 19.1 Å². The molecule has 1 fully saturated rings. The topological polar surface area (TPSA) is 136 Å². The van der Waals surface area contributed by atoms with E-state index in [0.717, 1.165) is 6.07 Å². The van der Waals surface area contributed by atoms with Gasteiger partial charge in [0.15, 0.2) is 5.76 Å². The first kappa shape index (κ1) is 21.7. The lowest BCUT2D eigenvalue weighted by atomic mass is 10.2. The normalized spacial score (nSPS) is 19.5. The van der Waals surface area contributed by atoms with Gasteiger partial charge in [-0.2, -0.15) is 0 Å². The summed E-state index contributed by atoms with van der Waals surface area (Å²) >= 11 is 0. The molecular formula is C20H16F2N2O7S. The van der Waals surface area contributed by atoms with E-state index in [-0.39, 0.29) is 12.1 Å². The zero-order valence-corrected chi connectivity index (χ0v) is 17.2. The van der Waals surface area contributed by atoms with Gasteiger partial charge in [0.05, 0.1) is 0 Å². The van der Waals surface area contributed by atoms with Gasteiger partial charge in [0.25, 0.3) is 27.8 Å². The van der Waals surface area contributed by atoms with E-state index in [1.807, 2.05) is 0 Å². The summed E-state index contributed by atoms with van der Waals surface area (Å²) in [4.78, 5) is 35.9. The lowest BCUT2D eigenvalue weighted by Gasteiger charge is -2.05. The number of hydrogen-bond acceptors (Lipinski definition) is 7. The van der Waals surface area contributed by atoms with Gasteiger partial charge in [-0.1, -0.05) is 25.1 Å². The van der Waals surface area contributed by atoms with Crippen LogP contribution >= 0.6 is 0 Å². The van der Waals surface area contributed by atoms with Crippen molar-refractivity contribution < 1.29 is 35.6 Å². The predicted octanol–water partition coefficient (Wildman–Crippen LogP) is 2.14. The Hall–Kier alpha value is -3.54. The lowest BCUT2D eigenvalue weighted by Crippen LogP contribution is -2.33. The molecule has 0 saturated heterocycles. The van der Waals surface area contributed by atoms with Crippen LogP contribution < -0.4 is 15.7 Å². The van der Waals surface area contributed by atoms with Gasteiger partial charge in [-0.25, -0.2) is 26.7 Å². The van der Waals surface area contributed by atoms with Crippen LogP contribution in [0.5, 0.6) is 0 Å². The standard InChI is InChI=1S/C20H16F2N2O7S/c1-10-14(20(10,21)22)8-23-18(26)16-7-12(9-30-16)32(28,29)24-17(25)13-6-11-4-2-3-5-15(11)31-19(13)27/h2-7,9-10,14H,8H2,1H3,(H,23,26)(H,24,25)/t10-,14-/m1/s1. The summed E-state index contributed by atoms with van der Waals surface area (Å²) in [5.74, 6) is -7.29. The number of carbonyl (C=O) groups is 2. The zero-order valence-electron chi connectivity index (χ0n) is 16.4. The smallest absolute Gasteiger partial charge is 0.349 e. The van der Waals surface area contributed by atoms with Crippen molar-refractivity contribution in [1.82, 2.24) is 10.0 Å². The summed E-state index contributed by atoms with van der Waals surface area (Å²) in [6.07, 6.45) is 0.710. The van der Waals surface area contributed by atoms with Crippen molar-refractivity contribution >= 4 is 32.8 Å². The average molecular weight is 466 g/mol. The fourth-order valence-electron chi connectivity index (χ4n) is 3.20. The Bertz CT molecular complexity index is 1390. The molecule has 0 spiro atoms. The minimum Gasteiger partial charge on any atom is -0.458 e. The van der Waals surface area contributed by atoms with Crippen LogP contribution in [0, 0.1) is 11.8 Å². The number of hydrogen-bond donors (Lipinski definition) is 2. The molecule has 168 valence electrons. The predicted molar refractivity (Wildman–Crippen MR) is 106 cm³/mol. The number of alkyl halides is 2. The molecule has 12 heteroatoms. The number of benzene rings is 1.